The Hall–Kier alpha value is -2.20. The molecule has 0 saturated carbocycles. The summed E-state index contributed by atoms with van der Waals surface area (Å²) in [4.78, 5) is 9.33. The molecule has 2 heterocycles. The molecule has 21 heavy (non-hydrogen) atoms. The van der Waals surface area contributed by atoms with E-state index in [-0.39, 0.29) is 0 Å². The Balaban J connectivity index is 2.05. The van der Waals surface area contributed by atoms with E-state index in [4.69, 9.17) is 4.98 Å². The van der Waals surface area contributed by atoms with Gasteiger partial charge in [0.1, 0.15) is 5.82 Å². The van der Waals surface area contributed by atoms with E-state index < -0.39 is 0 Å². The molecule has 0 aliphatic carbocycles. The lowest BCUT2D eigenvalue weighted by atomic mass is 10.1. The molecule has 0 amide bonds. The molecule has 4 heteroatoms. The number of aromatic nitrogens is 2. The maximum absolute atomic E-state index is 4.71. The van der Waals surface area contributed by atoms with Crippen molar-refractivity contribution >= 4 is 17.2 Å². The van der Waals surface area contributed by atoms with Crippen molar-refractivity contribution in [3.05, 3.63) is 53.2 Å². The lowest BCUT2D eigenvalue weighted by Gasteiger charge is -2.09. The van der Waals surface area contributed by atoms with E-state index >= 15 is 0 Å². The zero-order chi connectivity index (χ0) is 14.5. The van der Waals surface area contributed by atoms with Crippen LogP contribution in [-0.2, 0) is 0 Å². The van der Waals surface area contributed by atoms with Gasteiger partial charge in [0, 0.05) is 29.1 Å². The first-order valence-corrected chi connectivity index (χ1v) is 8.02. The minimum atomic E-state index is 0.774. The van der Waals surface area contributed by atoms with E-state index in [1.807, 2.05) is 29.6 Å². The number of nitrogens with zero attached hydrogens (tertiary/aromatic N) is 2. The van der Waals surface area contributed by atoms with Crippen LogP contribution in [0.1, 0.15) is 13.3 Å². The fourth-order valence-corrected chi connectivity index (χ4v) is 2.70. The van der Waals surface area contributed by atoms with E-state index in [0.29, 0.717) is 0 Å². The Morgan fingerprint density at radius 1 is 1.05 bits per heavy atom. The number of thiophene rings is 1. The minimum absolute atomic E-state index is 0.774. The molecule has 106 valence electrons. The smallest absolute Gasteiger partial charge is 0.162 e. The van der Waals surface area contributed by atoms with Gasteiger partial charge in [-0.15, -0.1) is 0 Å². The van der Waals surface area contributed by atoms with Crippen molar-refractivity contribution in [3.8, 4) is 22.6 Å². The molecule has 0 unspecified atom stereocenters. The van der Waals surface area contributed by atoms with Gasteiger partial charge >= 0.3 is 0 Å². The minimum Gasteiger partial charge on any atom is -0.370 e. The maximum Gasteiger partial charge on any atom is 0.162 e. The molecule has 0 atom stereocenters. The van der Waals surface area contributed by atoms with Gasteiger partial charge in [0.15, 0.2) is 5.82 Å². The summed E-state index contributed by atoms with van der Waals surface area (Å²) < 4.78 is 0. The first kappa shape index (κ1) is 13.8. The van der Waals surface area contributed by atoms with Gasteiger partial charge in [0.2, 0.25) is 0 Å². The average Bonchev–Trinajstić information content (AvgIpc) is 3.08. The van der Waals surface area contributed by atoms with Gasteiger partial charge in [-0.2, -0.15) is 11.3 Å². The molecule has 0 saturated heterocycles. The summed E-state index contributed by atoms with van der Waals surface area (Å²) in [6.45, 7) is 3.06. The van der Waals surface area contributed by atoms with Crippen molar-refractivity contribution < 1.29 is 0 Å². The highest BCUT2D eigenvalue weighted by molar-refractivity contribution is 7.08. The first-order valence-electron chi connectivity index (χ1n) is 7.08. The summed E-state index contributed by atoms with van der Waals surface area (Å²) >= 11 is 1.66. The van der Waals surface area contributed by atoms with E-state index in [1.54, 1.807) is 11.3 Å². The number of anilines is 1. The molecular formula is C17H17N3S. The topological polar surface area (TPSA) is 37.8 Å². The second-order valence-corrected chi connectivity index (χ2v) is 5.55. The molecule has 1 aromatic carbocycles. The van der Waals surface area contributed by atoms with Crippen LogP contribution in [0.5, 0.6) is 0 Å². The lowest BCUT2D eigenvalue weighted by molar-refractivity contribution is 0.966. The zero-order valence-electron chi connectivity index (χ0n) is 11.9. The van der Waals surface area contributed by atoms with Gasteiger partial charge in [-0.05, 0) is 17.9 Å². The second kappa shape index (κ2) is 6.50. The van der Waals surface area contributed by atoms with E-state index in [9.17, 15) is 0 Å². The predicted molar refractivity (Wildman–Crippen MR) is 89.6 cm³/mol. The van der Waals surface area contributed by atoms with Gasteiger partial charge in [-0.3, -0.25) is 0 Å². The monoisotopic (exact) mass is 295 g/mol. The van der Waals surface area contributed by atoms with Gasteiger partial charge in [0.25, 0.3) is 0 Å². The number of hydrogen-bond donors (Lipinski definition) is 1. The summed E-state index contributed by atoms with van der Waals surface area (Å²) in [5, 5.41) is 7.48. The molecule has 2 aromatic heterocycles. The van der Waals surface area contributed by atoms with Crippen LogP contribution in [0.15, 0.2) is 53.2 Å². The summed E-state index contributed by atoms with van der Waals surface area (Å²) in [5.74, 6) is 1.66. The van der Waals surface area contributed by atoms with Crippen LogP contribution in [0.3, 0.4) is 0 Å². The van der Waals surface area contributed by atoms with E-state index in [2.05, 4.69) is 40.8 Å². The molecule has 0 fully saturated rings. The maximum atomic E-state index is 4.71. The van der Waals surface area contributed by atoms with Crippen LogP contribution < -0.4 is 5.32 Å². The van der Waals surface area contributed by atoms with Gasteiger partial charge in [0.05, 0.1) is 5.69 Å². The fourth-order valence-electron chi connectivity index (χ4n) is 2.07. The summed E-state index contributed by atoms with van der Waals surface area (Å²) in [5.41, 5.74) is 3.12. The van der Waals surface area contributed by atoms with Crippen LogP contribution >= 0.6 is 11.3 Å². The summed E-state index contributed by atoms with van der Waals surface area (Å²) in [7, 11) is 0. The summed E-state index contributed by atoms with van der Waals surface area (Å²) in [6, 6.07) is 14.3. The predicted octanol–water partition coefficient (Wildman–Crippen LogP) is 4.69. The second-order valence-electron chi connectivity index (χ2n) is 4.77. The molecule has 0 aliphatic rings. The Bertz CT molecular complexity index is 693. The van der Waals surface area contributed by atoms with Crippen LogP contribution in [-0.4, -0.2) is 16.5 Å². The van der Waals surface area contributed by atoms with E-state index in [0.717, 1.165) is 41.4 Å². The Morgan fingerprint density at radius 3 is 2.62 bits per heavy atom. The number of nitrogens with one attached hydrogen (secondary N) is 1. The normalized spacial score (nSPS) is 10.5. The van der Waals surface area contributed by atoms with Gasteiger partial charge in [-0.1, -0.05) is 37.3 Å². The number of benzene rings is 1. The van der Waals surface area contributed by atoms with Gasteiger partial charge < -0.3 is 5.32 Å². The van der Waals surface area contributed by atoms with Crippen LogP contribution in [0.25, 0.3) is 22.6 Å². The average molecular weight is 295 g/mol. The first-order chi connectivity index (χ1) is 10.4. The van der Waals surface area contributed by atoms with E-state index in [1.165, 1.54) is 0 Å². The molecule has 0 spiro atoms. The van der Waals surface area contributed by atoms with Crippen molar-refractivity contribution in [2.24, 2.45) is 0 Å². The third kappa shape index (κ3) is 3.28. The van der Waals surface area contributed by atoms with Crippen LogP contribution in [0.2, 0.25) is 0 Å². The molecule has 3 nitrogen and oxygen atoms in total. The molecule has 0 radical (unpaired) electrons. The van der Waals surface area contributed by atoms with Crippen molar-refractivity contribution in [3.63, 3.8) is 0 Å². The van der Waals surface area contributed by atoms with Crippen LogP contribution in [0.4, 0.5) is 5.82 Å². The summed E-state index contributed by atoms with van der Waals surface area (Å²) in [6.07, 6.45) is 1.07. The third-order valence-electron chi connectivity index (χ3n) is 3.13. The van der Waals surface area contributed by atoms with Gasteiger partial charge in [-0.25, -0.2) is 9.97 Å². The lowest BCUT2D eigenvalue weighted by Crippen LogP contribution is -2.04. The standard InChI is InChI=1S/C17H17N3S/c1-2-9-18-16-11-15(13-6-4-3-5-7-13)19-17(20-16)14-8-10-21-12-14/h3-8,10-12H,2,9H2,1H3,(H,18,19,20). The van der Waals surface area contributed by atoms with Crippen molar-refractivity contribution in [2.75, 3.05) is 11.9 Å². The number of rotatable bonds is 5. The molecule has 0 aliphatic heterocycles. The fraction of sp³-hybridized carbons (Fsp3) is 0.176. The molecular weight excluding hydrogens is 278 g/mol. The third-order valence-corrected chi connectivity index (χ3v) is 3.81. The Labute approximate surface area is 128 Å². The van der Waals surface area contributed by atoms with Crippen molar-refractivity contribution in [1.82, 2.24) is 9.97 Å². The largest absolute Gasteiger partial charge is 0.370 e. The molecule has 3 rings (SSSR count). The quantitative estimate of drug-likeness (QED) is 0.741. The highest BCUT2D eigenvalue weighted by atomic mass is 32.1. The SMILES string of the molecule is CCCNc1cc(-c2ccccc2)nc(-c2ccsc2)n1. The van der Waals surface area contributed by atoms with Crippen LogP contribution in [0, 0.1) is 0 Å². The number of hydrogen-bond acceptors (Lipinski definition) is 4. The Morgan fingerprint density at radius 2 is 1.90 bits per heavy atom. The van der Waals surface area contributed by atoms with Crippen molar-refractivity contribution in [2.45, 2.75) is 13.3 Å². The highest BCUT2D eigenvalue weighted by Crippen LogP contribution is 2.25. The van der Waals surface area contributed by atoms with Crippen molar-refractivity contribution in [1.29, 1.82) is 0 Å². The highest BCUT2D eigenvalue weighted by Gasteiger charge is 2.08. The zero-order valence-corrected chi connectivity index (χ0v) is 12.7. The molecule has 1 N–H and O–H groups in total. The molecule has 3 aromatic rings. The Kier molecular flexibility index (Phi) is 4.26. The molecule has 0 bridgehead atoms.